The molecule has 2 heterocycles. The molecule has 0 bridgehead atoms. The lowest BCUT2D eigenvalue weighted by molar-refractivity contribution is 0.477. The summed E-state index contributed by atoms with van der Waals surface area (Å²) in [6.07, 6.45) is 1.50. The van der Waals surface area contributed by atoms with Crippen molar-refractivity contribution in [1.82, 2.24) is 14.8 Å². The van der Waals surface area contributed by atoms with E-state index in [1.165, 1.54) is 10.8 Å². The molecular weight excluding hydrogens is 170 g/mol. The molecule has 2 aromatic heterocycles. The quantitative estimate of drug-likeness (QED) is 0.654. The Balaban J connectivity index is 2.87. The molecule has 68 valence electrons. The van der Waals surface area contributed by atoms with Gasteiger partial charge in [0.1, 0.15) is 0 Å². The topological polar surface area (TPSA) is 60.9 Å². The Kier molecular flexibility index (Phi) is 1.65. The maximum absolute atomic E-state index is 11.3. The van der Waals surface area contributed by atoms with Gasteiger partial charge in [-0.05, 0) is 13.8 Å². The number of rotatable bonds is 1. The third kappa shape index (κ3) is 1.12. The summed E-state index contributed by atoms with van der Waals surface area (Å²) in [4.78, 5) is 11.3. The molecule has 0 aliphatic rings. The second kappa shape index (κ2) is 2.69. The van der Waals surface area contributed by atoms with Crippen LogP contribution in [0.5, 0.6) is 0 Å². The van der Waals surface area contributed by atoms with Crippen molar-refractivity contribution >= 4 is 11.2 Å². The van der Waals surface area contributed by atoms with E-state index < -0.39 is 0 Å². The number of oxazole rings is 1. The first-order chi connectivity index (χ1) is 6.20. The molecule has 0 aromatic carbocycles. The summed E-state index contributed by atoms with van der Waals surface area (Å²) >= 11 is 0. The van der Waals surface area contributed by atoms with Crippen LogP contribution >= 0.6 is 0 Å². The first-order valence-corrected chi connectivity index (χ1v) is 4.03. The van der Waals surface area contributed by atoms with E-state index in [2.05, 4.69) is 10.2 Å². The van der Waals surface area contributed by atoms with E-state index in [1.54, 1.807) is 6.07 Å². The standard InChI is InChI=1S/C8H9N3O2/c1-5(2)11-7-6(13-8(11)12)3-4-9-10-7/h3-5H,1-2H3. The van der Waals surface area contributed by atoms with Gasteiger partial charge in [-0.3, -0.25) is 4.57 Å². The molecule has 0 aliphatic carbocycles. The molecule has 13 heavy (non-hydrogen) atoms. The normalized spacial score (nSPS) is 11.3. The van der Waals surface area contributed by atoms with Gasteiger partial charge < -0.3 is 4.42 Å². The van der Waals surface area contributed by atoms with Crippen LogP contribution in [0, 0.1) is 0 Å². The van der Waals surface area contributed by atoms with Crippen molar-refractivity contribution in [2.24, 2.45) is 0 Å². The second-order valence-electron chi connectivity index (χ2n) is 3.05. The van der Waals surface area contributed by atoms with Gasteiger partial charge in [0.2, 0.25) is 5.65 Å². The van der Waals surface area contributed by atoms with Crippen molar-refractivity contribution in [2.75, 3.05) is 0 Å². The minimum atomic E-state index is -0.384. The molecule has 5 heteroatoms. The molecule has 0 fully saturated rings. The fourth-order valence-electron chi connectivity index (χ4n) is 1.24. The molecule has 0 amide bonds. The van der Waals surface area contributed by atoms with Crippen LogP contribution in [0.3, 0.4) is 0 Å². The van der Waals surface area contributed by atoms with Crippen LogP contribution in [0.4, 0.5) is 0 Å². The van der Waals surface area contributed by atoms with Crippen LogP contribution in [-0.4, -0.2) is 14.8 Å². The predicted octanol–water partition coefficient (Wildman–Crippen LogP) is 0.965. The lowest BCUT2D eigenvalue weighted by Gasteiger charge is -2.02. The van der Waals surface area contributed by atoms with Gasteiger partial charge in [-0.25, -0.2) is 4.79 Å². The highest BCUT2D eigenvalue weighted by Crippen LogP contribution is 2.11. The summed E-state index contributed by atoms with van der Waals surface area (Å²) in [6.45, 7) is 3.79. The van der Waals surface area contributed by atoms with E-state index >= 15 is 0 Å². The SMILES string of the molecule is CC(C)n1c(=O)oc2ccnnc21. The van der Waals surface area contributed by atoms with E-state index in [0.29, 0.717) is 11.2 Å². The largest absolute Gasteiger partial charge is 0.421 e. The first-order valence-electron chi connectivity index (χ1n) is 4.03. The van der Waals surface area contributed by atoms with Crippen molar-refractivity contribution < 1.29 is 4.42 Å². The molecule has 2 aromatic rings. The average Bonchev–Trinajstić information content (AvgIpc) is 2.39. The van der Waals surface area contributed by atoms with E-state index in [-0.39, 0.29) is 11.8 Å². The number of fused-ring (bicyclic) bond motifs is 1. The summed E-state index contributed by atoms with van der Waals surface area (Å²) in [5.41, 5.74) is 0.983. The highest BCUT2D eigenvalue weighted by atomic mass is 16.4. The smallest absolute Gasteiger partial charge is 0.406 e. The zero-order chi connectivity index (χ0) is 9.42. The summed E-state index contributed by atoms with van der Waals surface area (Å²) in [7, 11) is 0. The molecule has 0 unspecified atom stereocenters. The highest BCUT2D eigenvalue weighted by Gasteiger charge is 2.12. The van der Waals surface area contributed by atoms with Gasteiger partial charge in [-0.15, -0.1) is 5.10 Å². The molecule has 0 aliphatic heterocycles. The first kappa shape index (κ1) is 7.97. The Morgan fingerprint density at radius 2 is 2.31 bits per heavy atom. The van der Waals surface area contributed by atoms with Crippen LogP contribution in [-0.2, 0) is 0 Å². The van der Waals surface area contributed by atoms with Gasteiger partial charge in [0, 0.05) is 12.1 Å². The van der Waals surface area contributed by atoms with Gasteiger partial charge in [0.05, 0.1) is 6.20 Å². The lowest BCUT2D eigenvalue weighted by Crippen LogP contribution is -2.16. The zero-order valence-corrected chi connectivity index (χ0v) is 7.39. The van der Waals surface area contributed by atoms with Crippen LogP contribution in [0.25, 0.3) is 11.2 Å². The van der Waals surface area contributed by atoms with Gasteiger partial charge in [-0.1, -0.05) is 0 Å². The van der Waals surface area contributed by atoms with Gasteiger partial charge in [0.15, 0.2) is 5.58 Å². The molecule has 0 radical (unpaired) electrons. The number of hydrogen-bond donors (Lipinski definition) is 0. The van der Waals surface area contributed by atoms with Gasteiger partial charge in [0.25, 0.3) is 0 Å². The van der Waals surface area contributed by atoms with Crippen molar-refractivity contribution in [3.63, 3.8) is 0 Å². The summed E-state index contributed by atoms with van der Waals surface area (Å²) < 4.78 is 6.44. The molecule has 0 atom stereocenters. The fraction of sp³-hybridized carbons (Fsp3) is 0.375. The summed E-state index contributed by atoms with van der Waals surface area (Å²) in [5, 5.41) is 7.54. The summed E-state index contributed by atoms with van der Waals surface area (Å²) in [5.74, 6) is -0.384. The maximum Gasteiger partial charge on any atom is 0.421 e. The van der Waals surface area contributed by atoms with Gasteiger partial charge in [-0.2, -0.15) is 5.10 Å². The van der Waals surface area contributed by atoms with Crippen LogP contribution < -0.4 is 5.76 Å². The molecule has 0 spiro atoms. The number of aromatic nitrogens is 3. The third-order valence-corrected chi connectivity index (χ3v) is 1.80. The molecule has 0 saturated heterocycles. The Hall–Kier alpha value is -1.65. The van der Waals surface area contributed by atoms with Crippen molar-refractivity contribution in [3.05, 3.63) is 22.8 Å². The minimum absolute atomic E-state index is 0.0328. The molecule has 2 rings (SSSR count). The average molecular weight is 179 g/mol. The predicted molar refractivity (Wildman–Crippen MR) is 46.4 cm³/mol. The minimum Gasteiger partial charge on any atom is -0.406 e. The Bertz CT molecular complexity index is 483. The number of hydrogen-bond acceptors (Lipinski definition) is 4. The van der Waals surface area contributed by atoms with E-state index in [0.717, 1.165) is 0 Å². The maximum atomic E-state index is 11.3. The Labute approximate surface area is 74.0 Å². The van der Waals surface area contributed by atoms with E-state index in [9.17, 15) is 4.79 Å². The number of nitrogens with zero attached hydrogens (tertiary/aromatic N) is 3. The highest BCUT2D eigenvalue weighted by molar-refractivity contribution is 5.66. The molecule has 5 nitrogen and oxygen atoms in total. The molecule has 0 saturated carbocycles. The Morgan fingerprint density at radius 3 is 3.00 bits per heavy atom. The van der Waals surface area contributed by atoms with Crippen molar-refractivity contribution in [2.45, 2.75) is 19.9 Å². The summed E-state index contributed by atoms with van der Waals surface area (Å²) in [6, 6.07) is 1.66. The fourth-order valence-corrected chi connectivity index (χ4v) is 1.24. The Morgan fingerprint density at radius 1 is 1.54 bits per heavy atom. The third-order valence-electron chi connectivity index (χ3n) is 1.80. The monoisotopic (exact) mass is 179 g/mol. The molecular formula is C8H9N3O2. The van der Waals surface area contributed by atoms with Crippen LogP contribution in [0.1, 0.15) is 19.9 Å². The van der Waals surface area contributed by atoms with E-state index in [4.69, 9.17) is 4.42 Å². The van der Waals surface area contributed by atoms with Crippen LogP contribution in [0.15, 0.2) is 21.5 Å². The lowest BCUT2D eigenvalue weighted by atomic mass is 10.4. The van der Waals surface area contributed by atoms with Crippen molar-refractivity contribution in [1.29, 1.82) is 0 Å². The zero-order valence-electron chi connectivity index (χ0n) is 7.39. The van der Waals surface area contributed by atoms with Crippen LogP contribution in [0.2, 0.25) is 0 Å². The van der Waals surface area contributed by atoms with Gasteiger partial charge >= 0.3 is 5.76 Å². The molecule has 0 N–H and O–H groups in total. The van der Waals surface area contributed by atoms with Crippen molar-refractivity contribution in [3.8, 4) is 0 Å². The second-order valence-corrected chi connectivity index (χ2v) is 3.05. The van der Waals surface area contributed by atoms with E-state index in [1.807, 2.05) is 13.8 Å².